The predicted octanol–water partition coefficient (Wildman–Crippen LogP) is 4.78. The number of nitrogens with one attached hydrogen (secondary N) is 1. The van der Waals surface area contributed by atoms with Crippen LogP contribution in [0.3, 0.4) is 0 Å². The molecular formula is C31H23N7O5. The van der Waals surface area contributed by atoms with Gasteiger partial charge in [-0.05, 0) is 35.7 Å². The van der Waals surface area contributed by atoms with Gasteiger partial charge in [-0.15, -0.1) is 10.2 Å². The molecule has 43 heavy (non-hydrogen) atoms. The molecule has 12 nitrogen and oxygen atoms in total. The van der Waals surface area contributed by atoms with Crippen LogP contribution in [0.4, 0.5) is 5.69 Å². The normalized spacial score (nSPS) is 10.9. The standard InChI is InChI=1S/C31H23N7O5/c1-18(39)32-25-14-13-21(31(42)43-2)15-29(25)38-17-27(34-36-38)20-11-9-19(10-12-20)26-16-37(35-33-26)28-8-4-5-22-23(28)6-3-7-24(22)30(40)41/h3-17H,1-2H3,(H,32,39)(H,40,41). The van der Waals surface area contributed by atoms with Crippen LogP contribution in [0.5, 0.6) is 0 Å². The van der Waals surface area contributed by atoms with E-state index in [-0.39, 0.29) is 11.5 Å². The highest BCUT2D eigenvalue weighted by atomic mass is 16.5. The third-order valence-corrected chi connectivity index (χ3v) is 6.82. The molecule has 0 aliphatic heterocycles. The highest BCUT2D eigenvalue weighted by Gasteiger charge is 2.16. The van der Waals surface area contributed by atoms with Gasteiger partial charge in [-0.2, -0.15) is 0 Å². The summed E-state index contributed by atoms with van der Waals surface area (Å²) < 4.78 is 7.93. The number of nitrogens with zero attached hydrogens (tertiary/aromatic N) is 6. The predicted molar refractivity (Wildman–Crippen MR) is 157 cm³/mol. The Labute approximate surface area is 244 Å². The van der Waals surface area contributed by atoms with E-state index in [1.165, 1.54) is 18.7 Å². The lowest BCUT2D eigenvalue weighted by Crippen LogP contribution is -2.11. The number of rotatable bonds is 7. The lowest BCUT2D eigenvalue weighted by Gasteiger charge is -2.11. The third-order valence-electron chi connectivity index (χ3n) is 6.82. The summed E-state index contributed by atoms with van der Waals surface area (Å²) in [4.78, 5) is 35.5. The van der Waals surface area contributed by atoms with E-state index in [1.807, 2.05) is 36.4 Å². The van der Waals surface area contributed by atoms with Crippen LogP contribution in [0.15, 0.2) is 91.3 Å². The average Bonchev–Trinajstić information content (AvgIpc) is 3.71. The number of methoxy groups -OCH3 is 1. The Morgan fingerprint density at radius 1 is 0.767 bits per heavy atom. The number of esters is 1. The highest BCUT2D eigenvalue weighted by Crippen LogP contribution is 2.28. The topological polar surface area (TPSA) is 154 Å². The largest absolute Gasteiger partial charge is 0.478 e. The van der Waals surface area contributed by atoms with Crippen LogP contribution < -0.4 is 5.32 Å². The van der Waals surface area contributed by atoms with Crippen LogP contribution in [0.1, 0.15) is 27.6 Å². The van der Waals surface area contributed by atoms with Gasteiger partial charge in [-0.3, -0.25) is 4.79 Å². The van der Waals surface area contributed by atoms with Crippen molar-refractivity contribution in [1.29, 1.82) is 0 Å². The van der Waals surface area contributed by atoms with Crippen molar-refractivity contribution in [1.82, 2.24) is 30.0 Å². The molecular weight excluding hydrogens is 550 g/mol. The van der Waals surface area contributed by atoms with Gasteiger partial charge in [0.25, 0.3) is 0 Å². The molecule has 0 fully saturated rings. The Morgan fingerprint density at radius 3 is 1.98 bits per heavy atom. The van der Waals surface area contributed by atoms with Crippen LogP contribution >= 0.6 is 0 Å². The summed E-state index contributed by atoms with van der Waals surface area (Å²) in [5.41, 5.74) is 4.92. The molecule has 0 unspecified atom stereocenters. The summed E-state index contributed by atoms with van der Waals surface area (Å²) in [7, 11) is 1.29. The number of hydrogen-bond acceptors (Lipinski definition) is 8. The molecule has 0 aliphatic carbocycles. The number of amides is 1. The first-order valence-corrected chi connectivity index (χ1v) is 13.0. The molecule has 0 saturated heterocycles. The quantitative estimate of drug-likeness (QED) is 0.257. The highest BCUT2D eigenvalue weighted by molar-refractivity contribution is 6.06. The maximum Gasteiger partial charge on any atom is 0.337 e. The van der Waals surface area contributed by atoms with Gasteiger partial charge in [0.1, 0.15) is 11.4 Å². The summed E-state index contributed by atoms with van der Waals surface area (Å²) in [5, 5.41) is 30.8. The zero-order valence-electron chi connectivity index (χ0n) is 22.9. The number of carbonyl (C=O) groups is 3. The Balaban J connectivity index is 1.28. The molecule has 0 aliphatic rings. The molecule has 1 amide bonds. The monoisotopic (exact) mass is 573 g/mol. The van der Waals surface area contributed by atoms with Crippen LogP contribution in [-0.2, 0) is 9.53 Å². The number of aromatic nitrogens is 6. The molecule has 12 heteroatoms. The van der Waals surface area contributed by atoms with E-state index in [1.54, 1.807) is 59.5 Å². The molecule has 0 radical (unpaired) electrons. The first-order chi connectivity index (χ1) is 20.8. The number of fused-ring (bicyclic) bond motifs is 1. The first kappa shape index (κ1) is 27.0. The lowest BCUT2D eigenvalue weighted by atomic mass is 10.0. The van der Waals surface area contributed by atoms with Crippen LogP contribution in [0, 0.1) is 0 Å². The number of carboxylic acid groups (broad SMARTS) is 1. The minimum absolute atomic E-state index is 0.217. The van der Waals surface area contributed by atoms with E-state index in [0.717, 1.165) is 16.5 Å². The molecule has 2 aromatic heterocycles. The summed E-state index contributed by atoms with van der Waals surface area (Å²) in [6.07, 6.45) is 3.48. The van der Waals surface area contributed by atoms with Crippen molar-refractivity contribution < 1.29 is 24.2 Å². The molecule has 2 N–H and O–H groups in total. The number of hydrogen-bond donors (Lipinski definition) is 2. The second kappa shape index (κ2) is 11.0. The van der Waals surface area contributed by atoms with Gasteiger partial charge in [0.05, 0.1) is 47.7 Å². The second-order valence-corrected chi connectivity index (χ2v) is 9.56. The SMILES string of the molecule is COC(=O)c1ccc(NC(C)=O)c(-n2cc(-c3ccc(-c4cn(-c5cccc6c(C(=O)O)cccc56)nn4)cc3)nn2)c1. The van der Waals surface area contributed by atoms with E-state index in [0.29, 0.717) is 39.4 Å². The van der Waals surface area contributed by atoms with Crippen LogP contribution in [0.25, 0.3) is 44.7 Å². The number of benzene rings is 4. The molecule has 6 aromatic rings. The minimum Gasteiger partial charge on any atom is -0.478 e. The Kier molecular flexibility index (Phi) is 6.92. The maximum atomic E-state index is 12.1. The molecule has 0 spiro atoms. The summed E-state index contributed by atoms with van der Waals surface area (Å²) in [6.45, 7) is 1.39. The average molecular weight is 574 g/mol. The van der Waals surface area contributed by atoms with E-state index in [4.69, 9.17) is 4.74 Å². The Hall–Kier alpha value is -6.17. The molecule has 0 saturated carbocycles. The zero-order valence-corrected chi connectivity index (χ0v) is 22.9. The van der Waals surface area contributed by atoms with E-state index >= 15 is 0 Å². The number of carboxylic acids is 1. The van der Waals surface area contributed by atoms with Crippen molar-refractivity contribution in [2.75, 3.05) is 12.4 Å². The van der Waals surface area contributed by atoms with Gasteiger partial charge in [0.15, 0.2) is 0 Å². The van der Waals surface area contributed by atoms with E-state index < -0.39 is 11.9 Å². The van der Waals surface area contributed by atoms with Crippen molar-refractivity contribution >= 4 is 34.3 Å². The zero-order chi connectivity index (χ0) is 30.1. The van der Waals surface area contributed by atoms with Gasteiger partial charge >= 0.3 is 11.9 Å². The molecule has 0 bridgehead atoms. The van der Waals surface area contributed by atoms with Gasteiger partial charge in [-0.25, -0.2) is 19.0 Å². The smallest absolute Gasteiger partial charge is 0.337 e. The Morgan fingerprint density at radius 2 is 1.37 bits per heavy atom. The fourth-order valence-corrected chi connectivity index (χ4v) is 4.78. The summed E-state index contributed by atoms with van der Waals surface area (Å²) >= 11 is 0. The van der Waals surface area contributed by atoms with Crippen molar-refractivity contribution in [3.05, 3.63) is 102 Å². The fraction of sp³-hybridized carbons (Fsp3) is 0.0645. The van der Waals surface area contributed by atoms with E-state index in [2.05, 4.69) is 25.9 Å². The molecule has 4 aromatic carbocycles. The number of carbonyl (C=O) groups excluding carboxylic acids is 2. The Bertz CT molecular complexity index is 2030. The first-order valence-electron chi connectivity index (χ1n) is 13.0. The van der Waals surface area contributed by atoms with Crippen LogP contribution in [-0.4, -0.2) is 60.0 Å². The number of ether oxygens (including phenoxy) is 1. The van der Waals surface area contributed by atoms with Crippen molar-refractivity contribution in [3.8, 4) is 33.9 Å². The van der Waals surface area contributed by atoms with Crippen LogP contribution in [0.2, 0.25) is 0 Å². The molecule has 0 atom stereocenters. The number of anilines is 1. The lowest BCUT2D eigenvalue weighted by molar-refractivity contribution is -0.114. The second-order valence-electron chi connectivity index (χ2n) is 9.56. The van der Waals surface area contributed by atoms with Crippen molar-refractivity contribution in [2.45, 2.75) is 6.92 Å². The molecule has 2 heterocycles. The number of aromatic carboxylic acids is 1. The van der Waals surface area contributed by atoms with Gasteiger partial charge in [0, 0.05) is 23.4 Å². The summed E-state index contributed by atoms with van der Waals surface area (Å²) in [5.74, 6) is -1.79. The maximum absolute atomic E-state index is 12.1. The van der Waals surface area contributed by atoms with E-state index in [9.17, 15) is 19.5 Å². The molecule has 212 valence electrons. The third kappa shape index (κ3) is 5.20. The van der Waals surface area contributed by atoms with Crippen molar-refractivity contribution in [2.24, 2.45) is 0 Å². The summed E-state index contributed by atoms with van der Waals surface area (Å²) in [6, 6.07) is 22.8. The molecule has 6 rings (SSSR count). The van der Waals surface area contributed by atoms with Crippen molar-refractivity contribution in [3.63, 3.8) is 0 Å². The minimum atomic E-state index is -0.995. The fourth-order valence-electron chi connectivity index (χ4n) is 4.78. The van der Waals surface area contributed by atoms with Gasteiger partial charge in [0.2, 0.25) is 5.91 Å². The van der Waals surface area contributed by atoms with Gasteiger partial charge < -0.3 is 15.2 Å². The van der Waals surface area contributed by atoms with Gasteiger partial charge in [-0.1, -0.05) is 59.0 Å².